The summed E-state index contributed by atoms with van der Waals surface area (Å²) in [5, 5.41) is 3.41. The van der Waals surface area contributed by atoms with E-state index in [0.29, 0.717) is 10.1 Å². The van der Waals surface area contributed by atoms with Gasteiger partial charge in [-0.05, 0) is 65.0 Å². The number of hydrogen-bond acceptors (Lipinski definition) is 4. The van der Waals surface area contributed by atoms with Gasteiger partial charge in [0, 0.05) is 4.88 Å². The molecule has 2 heterocycles. The molecule has 1 aromatic carbocycles. The Morgan fingerprint density at radius 1 is 1.19 bits per heavy atom. The van der Waals surface area contributed by atoms with Crippen molar-refractivity contribution in [1.29, 1.82) is 0 Å². The maximum atomic E-state index is 12.0. The molecule has 1 aromatic heterocycles. The molecular formula is C15H11BrN2OS2. The van der Waals surface area contributed by atoms with E-state index in [0.717, 1.165) is 14.4 Å². The first kappa shape index (κ1) is 14.6. The van der Waals surface area contributed by atoms with Crippen LogP contribution in [0.15, 0.2) is 50.1 Å². The van der Waals surface area contributed by atoms with Crippen molar-refractivity contribution < 1.29 is 4.79 Å². The van der Waals surface area contributed by atoms with Gasteiger partial charge in [-0.2, -0.15) is 0 Å². The molecule has 1 N–H and O–H groups in total. The Hall–Kier alpha value is -1.37. The van der Waals surface area contributed by atoms with Crippen molar-refractivity contribution in [3.63, 3.8) is 0 Å². The van der Waals surface area contributed by atoms with Crippen LogP contribution < -0.4 is 5.32 Å². The molecule has 3 nitrogen and oxygen atoms in total. The van der Waals surface area contributed by atoms with Gasteiger partial charge in [0.05, 0.1) is 14.4 Å². The van der Waals surface area contributed by atoms with Gasteiger partial charge in [-0.15, -0.1) is 11.3 Å². The predicted molar refractivity (Wildman–Crippen MR) is 94.0 cm³/mol. The summed E-state index contributed by atoms with van der Waals surface area (Å²) >= 11 is 6.37. The smallest absolute Gasteiger partial charge is 0.264 e. The van der Waals surface area contributed by atoms with Crippen LogP contribution in [0.4, 0.5) is 5.69 Å². The van der Waals surface area contributed by atoms with Gasteiger partial charge < -0.3 is 5.32 Å². The van der Waals surface area contributed by atoms with Gasteiger partial charge in [-0.25, -0.2) is 4.99 Å². The highest BCUT2D eigenvalue weighted by Crippen LogP contribution is 2.31. The highest BCUT2D eigenvalue weighted by molar-refractivity contribution is 9.11. The van der Waals surface area contributed by atoms with Crippen molar-refractivity contribution >= 4 is 61.9 Å². The minimum Gasteiger partial charge on any atom is -0.300 e. The number of thiophene rings is 1. The molecule has 1 aliphatic heterocycles. The van der Waals surface area contributed by atoms with E-state index in [9.17, 15) is 4.79 Å². The quantitative estimate of drug-likeness (QED) is 0.768. The molecule has 0 radical (unpaired) electrons. The molecule has 0 bridgehead atoms. The van der Waals surface area contributed by atoms with Crippen molar-refractivity contribution in [3.05, 3.63) is 55.5 Å². The highest BCUT2D eigenvalue weighted by atomic mass is 79.9. The van der Waals surface area contributed by atoms with Crippen molar-refractivity contribution in [2.24, 2.45) is 4.99 Å². The number of benzene rings is 1. The number of thioether (sulfide) groups is 1. The van der Waals surface area contributed by atoms with Crippen LogP contribution in [0.1, 0.15) is 10.4 Å². The second-order valence-electron chi connectivity index (χ2n) is 4.46. The number of aliphatic imine (C=N–C) groups is 1. The lowest BCUT2D eigenvalue weighted by molar-refractivity contribution is -0.115. The zero-order chi connectivity index (χ0) is 14.8. The van der Waals surface area contributed by atoms with Gasteiger partial charge in [0.2, 0.25) is 0 Å². The summed E-state index contributed by atoms with van der Waals surface area (Å²) in [6.45, 7) is 2.03. The molecule has 1 fully saturated rings. The summed E-state index contributed by atoms with van der Waals surface area (Å²) in [6.07, 6.45) is 1.88. The number of amides is 1. The molecule has 1 saturated heterocycles. The first-order valence-electron chi connectivity index (χ1n) is 6.22. The van der Waals surface area contributed by atoms with Crippen molar-refractivity contribution in [1.82, 2.24) is 5.32 Å². The fraction of sp³-hybridized carbons (Fsp3) is 0.0667. The zero-order valence-corrected chi connectivity index (χ0v) is 14.3. The van der Waals surface area contributed by atoms with Gasteiger partial charge in [0.25, 0.3) is 5.91 Å². The molecular weight excluding hydrogens is 368 g/mol. The van der Waals surface area contributed by atoms with Crippen LogP contribution >= 0.6 is 39.0 Å². The van der Waals surface area contributed by atoms with Crippen LogP contribution in [-0.2, 0) is 4.79 Å². The number of aryl methyl sites for hydroxylation is 1. The standard InChI is InChI=1S/C15H11BrN2OS2/c1-9-2-4-10(5-3-9)17-15-18-14(19)12(21-15)8-11-6-7-13(16)20-11/h2-8H,1H3,(H,17,18,19)/b12-8+. The van der Waals surface area contributed by atoms with E-state index in [2.05, 4.69) is 26.2 Å². The number of halogens is 1. The Morgan fingerprint density at radius 3 is 2.62 bits per heavy atom. The maximum absolute atomic E-state index is 12.0. The molecule has 0 unspecified atom stereocenters. The molecule has 0 aliphatic carbocycles. The Morgan fingerprint density at radius 2 is 1.95 bits per heavy atom. The van der Waals surface area contributed by atoms with Crippen LogP contribution in [0.3, 0.4) is 0 Å². The summed E-state index contributed by atoms with van der Waals surface area (Å²) in [4.78, 5) is 18.1. The SMILES string of the molecule is Cc1ccc(N=C2NC(=O)/C(=C\c3ccc(Br)s3)S2)cc1. The second-order valence-corrected chi connectivity index (χ2v) is 7.98. The summed E-state index contributed by atoms with van der Waals surface area (Å²) in [6, 6.07) is 11.8. The highest BCUT2D eigenvalue weighted by Gasteiger charge is 2.23. The van der Waals surface area contributed by atoms with Crippen LogP contribution in [-0.4, -0.2) is 11.1 Å². The lowest BCUT2D eigenvalue weighted by Crippen LogP contribution is -2.19. The Balaban J connectivity index is 1.81. The third kappa shape index (κ3) is 3.64. The van der Waals surface area contributed by atoms with E-state index in [1.807, 2.05) is 49.4 Å². The largest absolute Gasteiger partial charge is 0.300 e. The number of amidine groups is 1. The molecule has 106 valence electrons. The number of nitrogens with zero attached hydrogens (tertiary/aromatic N) is 1. The van der Waals surface area contributed by atoms with Crippen molar-refractivity contribution in [3.8, 4) is 0 Å². The number of nitrogens with one attached hydrogen (secondary N) is 1. The van der Waals surface area contributed by atoms with Crippen molar-refractivity contribution in [2.75, 3.05) is 0 Å². The fourth-order valence-electron chi connectivity index (χ4n) is 1.75. The Kier molecular flexibility index (Phi) is 4.28. The molecule has 3 rings (SSSR count). The predicted octanol–water partition coefficient (Wildman–Crippen LogP) is 4.71. The lowest BCUT2D eigenvalue weighted by atomic mass is 10.2. The van der Waals surface area contributed by atoms with Crippen molar-refractivity contribution in [2.45, 2.75) is 6.92 Å². The Bertz CT molecular complexity index is 747. The van der Waals surface area contributed by atoms with E-state index in [-0.39, 0.29) is 5.91 Å². The molecule has 21 heavy (non-hydrogen) atoms. The molecule has 1 amide bonds. The van der Waals surface area contributed by atoms with Gasteiger partial charge >= 0.3 is 0 Å². The average molecular weight is 379 g/mol. The minimum atomic E-state index is -0.101. The molecule has 0 atom stereocenters. The molecule has 0 saturated carbocycles. The lowest BCUT2D eigenvalue weighted by Gasteiger charge is -1.96. The monoisotopic (exact) mass is 378 g/mol. The third-order valence-electron chi connectivity index (χ3n) is 2.78. The van der Waals surface area contributed by atoms with E-state index in [4.69, 9.17) is 0 Å². The summed E-state index contributed by atoms with van der Waals surface area (Å²) in [5.74, 6) is -0.101. The number of rotatable bonds is 2. The summed E-state index contributed by atoms with van der Waals surface area (Å²) in [5.41, 5.74) is 2.02. The van der Waals surface area contributed by atoms with E-state index in [1.54, 1.807) is 11.3 Å². The van der Waals surface area contributed by atoms with Crippen LogP contribution in [0.2, 0.25) is 0 Å². The van der Waals surface area contributed by atoms with Crippen LogP contribution in [0.5, 0.6) is 0 Å². The average Bonchev–Trinajstić information content (AvgIpc) is 3.00. The van der Waals surface area contributed by atoms with Gasteiger partial charge in [0.15, 0.2) is 5.17 Å². The Labute approximate surface area is 139 Å². The fourth-order valence-corrected chi connectivity index (χ4v) is 4.03. The van der Waals surface area contributed by atoms with E-state index >= 15 is 0 Å². The van der Waals surface area contributed by atoms with E-state index in [1.165, 1.54) is 17.3 Å². The van der Waals surface area contributed by atoms with Gasteiger partial charge in [-0.3, -0.25) is 4.79 Å². The topological polar surface area (TPSA) is 41.5 Å². The first-order chi connectivity index (χ1) is 10.1. The van der Waals surface area contributed by atoms with Gasteiger partial charge in [-0.1, -0.05) is 17.7 Å². The maximum Gasteiger partial charge on any atom is 0.264 e. The number of hydrogen-bond donors (Lipinski definition) is 1. The third-order valence-corrected chi connectivity index (χ3v) is 5.26. The van der Waals surface area contributed by atoms with Gasteiger partial charge in [0.1, 0.15) is 0 Å². The summed E-state index contributed by atoms with van der Waals surface area (Å²) < 4.78 is 1.05. The summed E-state index contributed by atoms with van der Waals surface area (Å²) in [7, 11) is 0. The minimum absolute atomic E-state index is 0.101. The molecule has 0 spiro atoms. The number of carbonyl (C=O) groups excluding carboxylic acids is 1. The molecule has 6 heteroatoms. The molecule has 1 aliphatic rings. The normalized spacial score (nSPS) is 18.5. The second kappa shape index (κ2) is 6.17. The van der Waals surface area contributed by atoms with Crippen LogP contribution in [0.25, 0.3) is 6.08 Å². The number of carbonyl (C=O) groups is 1. The first-order valence-corrected chi connectivity index (χ1v) is 8.64. The molecule has 2 aromatic rings. The van der Waals surface area contributed by atoms with E-state index < -0.39 is 0 Å². The van der Waals surface area contributed by atoms with Crippen LogP contribution in [0, 0.1) is 6.92 Å². The zero-order valence-electron chi connectivity index (χ0n) is 11.1.